The second-order valence-electron chi connectivity index (χ2n) is 6.32. The van der Waals surface area contributed by atoms with E-state index in [1.54, 1.807) is 13.8 Å². The van der Waals surface area contributed by atoms with Crippen molar-refractivity contribution in [1.29, 1.82) is 0 Å². The summed E-state index contributed by atoms with van der Waals surface area (Å²) in [5.41, 5.74) is 2.58. The van der Waals surface area contributed by atoms with E-state index in [2.05, 4.69) is 34.3 Å². The maximum absolute atomic E-state index is 12.2. The molecule has 0 spiro atoms. The van der Waals surface area contributed by atoms with E-state index in [9.17, 15) is 4.79 Å². The van der Waals surface area contributed by atoms with Gasteiger partial charge in [0.1, 0.15) is 0 Å². The van der Waals surface area contributed by atoms with Crippen LogP contribution in [0.3, 0.4) is 0 Å². The average molecular weight is 313 g/mol. The van der Waals surface area contributed by atoms with Gasteiger partial charge in [-0.3, -0.25) is 4.79 Å². The minimum atomic E-state index is -0.261. The van der Waals surface area contributed by atoms with E-state index in [0.717, 1.165) is 24.7 Å². The number of nitrogens with one attached hydrogen (secondary N) is 1. The Labute approximate surface area is 136 Å². The van der Waals surface area contributed by atoms with Crippen LogP contribution < -0.4 is 10.2 Å². The van der Waals surface area contributed by atoms with Crippen LogP contribution in [0, 0.1) is 19.8 Å². The fourth-order valence-corrected chi connectivity index (χ4v) is 2.95. The quantitative estimate of drug-likeness (QED) is 0.937. The van der Waals surface area contributed by atoms with Crippen LogP contribution in [-0.4, -0.2) is 24.0 Å². The first-order valence-electron chi connectivity index (χ1n) is 8.13. The number of hydrogen-bond donors (Lipinski definition) is 1. The van der Waals surface area contributed by atoms with Gasteiger partial charge in [0.25, 0.3) is 5.91 Å². The third-order valence-electron chi connectivity index (χ3n) is 4.38. The lowest BCUT2D eigenvalue weighted by Crippen LogP contribution is -2.32. The number of anilines is 2. The zero-order valence-corrected chi connectivity index (χ0v) is 13.9. The number of carbonyl (C=O) groups excluding carboxylic acids is 1. The fourth-order valence-electron chi connectivity index (χ4n) is 2.95. The fraction of sp³-hybridized carbons (Fsp3) is 0.444. The number of aryl methyl sites for hydroxylation is 2. The lowest BCUT2D eigenvalue weighted by atomic mass is 9.99. The van der Waals surface area contributed by atoms with Gasteiger partial charge in [0, 0.05) is 31.4 Å². The molecule has 0 atom stereocenters. The monoisotopic (exact) mass is 313 g/mol. The van der Waals surface area contributed by atoms with Crippen LogP contribution in [0.25, 0.3) is 0 Å². The second kappa shape index (κ2) is 6.44. The van der Waals surface area contributed by atoms with Gasteiger partial charge in [0.2, 0.25) is 5.76 Å². The van der Waals surface area contributed by atoms with Gasteiger partial charge in [-0.1, -0.05) is 6.92 Å². The van der Waals surface area contributed by atoms with Crippen molar-refractivity contribution >= 4 is 17.3 Å². The molecule has 2 heterocycles. The van der Waals surface area contributed by atoms with E-state index in [1.165, 1.54) is 18.5 Å². The number of oxazole rings is 1. The number of amides is 1. The van der Waals surface area contributed by atoms with Crippen LogP contribution in [0.2, 0.25) is 0 Å². The van der Waals surface area contributed by atoms with Gasteiger partial charge in [0.15, 0.2) is 5.89 Å². The molecule has 122 valence electrons. The van der Waals surface area contributed by atoms with Crippen LogP contribution in [0.5, 0.6) is 0 Å². The van der Waals surface area contributed by atoms with Crippen molar-refractivity contribution in [3.63, 3.8) is 0 Å². The van der Waals surface area contributed by atoms with Gasteiger partial charge in [0.05, 0.1) is 5.69 Å². The Kier molecular flexibility index (Phi) is 4.37. The summed E-state index contributed by atoms with van der Waals surface area (Å²) in [6.45, 7) is 8.01. The Morgan fingerprint density at radius 2 is 1.87 bits per heavy atom. The number of benzene rings is 1. The lowest BCUT2D eigenvalue weighted by Gasteiger charge is -2.32. The molecule has 1 fully saturated rings. The molecule has 1 N–H and O–H groups in total. The van der Waals surface area contributed by atoms with Gasteiger partial charge in [-0.05, 0) is 49.9 Å². The molecule has 2 aromatic rings. The molecule has 1 aromatic heterocycles. The van der Waals surface area contributed by atoms with Gasteiger partial charge in [-0.25, -0.2) is 4.98 Å². The van der Waals surface area contributed by atoms with Crippen LogP contribution in [0.15, 0.2) is 28.7 Å². The molecule has 23 heavy (non-hydrogen) atoms. The Morgan fingerprint density at radius 3 is 2.43 bits per heavy atom. The van der Waals surface area contributed by atoms with E-state index in [-0.39, 0.29) is 11.7 Å². The van der Waals surface area contributed by atoms with E-state index in [0.29, 0.717) is 11.6 Å². The summed E-state index contributed by atoms with van der Waals surface area (Å²) in [5, 5.41) is 2.86. The first kappa shape index (κ1) is 15.6. The smallest absolute Gasteiger partial charge is 0.293 e. The molecule has 1 amide bonds. The zero-order chi connectivity index (χ0) is 16.4. The van der Waals surface area contributed by atoms with E-state index in [4.69, 9.17) is 4.42 Å². The molecule has 5 heteroatoms. The van der Waals surface area contributed by atoms with Gasteiger partial charge in [-0.2, -0.15) is 0 Å². The maximum atomic E-state index is 12.2. The number of hydrogen-bond acceptors (Lipinski definition) is 4. The van der Waals surface area contributed by atoms with E-state index in [1.807, 2.05) is 12.1 Å². The normalized spacial score (nSPS) is 15.7. The Hall–Kier alpha value is -2.30. The summed E-state index contributed by atoms with van der Waals surface area (Å²) in [5.74, 6) is 1.33. The minimum absolute atomic E-state index is 0.261. The summed E-state index contributed by atoms with van der Waals surface area (Å²) in [7, 11) is 0. The average Bonchev–Trinajstić information content (AvgIpc) is 2.88. The van der Waals surface area contributed by atoms with Crippen LogP contribution in [-0.2, 0) is 0 Å². The third-order valence-corrected chi connectivity index (χ3v) is 4.38. The summed E-state index contributed by atoms with van der Waals surface area (Å²) in [6.07, 6.45) is 2.48. The number of rotatable bonds is 3. The Balaban J connectivity index is 1.65. The van der Waals surface area contributed by atoms with Gasteiger partial charge in [-0.15, -0.1) is 0 Å². The SMILES string of the molecule is Cc1nc(C)c(C(=O)Nc2ccc(N3CCC(C)CC3)cc2)o1. The zero-order valence-electron chi connectivity index (χ0n) is 13.9. The predicted octanol–water partition coefficient (Wildman–Crippen LogP) is 3.78. The highest BCUT2D eigenvalue weighted by atomic mass is 16.4. The van der Waals surface area contributed by atoms with Crippen molar-refractivity contribution in [2.24, 2.45) is 5.92 Å². The molecular formula is C18H23N3O2. The van der Waals surface area contributed by atoms with Crippen molar-refractivity contribution in [1.82, 2.24) is 4.98 Å². The predicted molar refractivity (Wildman–Crippen MR) is 91.0 cm³/mol. The third kappa shape index (κ3) is 3.55. The molecule has 0 unspecified atom stereocenters. The highest BCUT2D eigenvalue weighted by Gasteiger charge is 2.17. The summed E-state index contributed by atoms with van der Waals surface area (Å²) < 4.78 is 5.35. The molecule has 1 aliphatic heterocycles. The minimum Gasteiger partial charge on any atom is -0.436 e. The summed E-state index contributed by atoms with van der Waals surface area (Å²) >= 11 is 0. The number of aromatic nitrogens is 1. The second-order valence-corrected chi connectivity index (χ2v) is 6.32. The van der Waals surface area contributed by atoms with E-state index >= 15 is 0 Å². The number of nitrogens with zero attached hydrogens (tertiary/aromatic N) is 2. The van der Waals surface area contributed by atoms with Crippen molar-refractivity contribution in [2.45, 2.75) is 33.6 Å². The summed E-state index contributed by atoms with van der Waals surface area (Å²) in [4.78, 5) is 18.7. The molecule has 0 radical (unpaired) electrons. The molecule has 1 aliphatic rings. The molecular weight excluding hydrogens is 290 g/mol. The lowest BCUT2D eigenvalue weighted by molar-refractivity contribution is 0.0994. The largest absolute Gasteiger partial charge is 0.436 e. The van der Waals surface area contributed by atoms with Crippen LogP contribution in [0.4, 0.5) is 11.4 Å². The van der Waals surface area contributed by atoms with Crippen molar-refractivity contribution < 1.29 is 9.21 Å². The topological polar surface area (TPSA) is 58.4 Å². The molecule has 3 rings (SSSR count). The molecule has 0 saturated carbocycles. The van der Waals surface area contributed by atoms with Crippen molar-refractivity contribution in [3.8, 4) is 0 Å². The van der Waals surface area contributed by atoms with Crippen molar-refractivity contribution in [2.75, 3.05) is 23.3 Å². The van der Waals surface area contributed by atoms with Crippen LogP contribution >= 0.6 is 0 Å². The Morgan fingerprint density at radius 1 is 1.22 bits per heavy atom. The maximum Gasteiger partial charge on any atom is 0.293 e. The molecule has 5 nitrogen and oxygen atoms in total. The molecule has 0 bridgehead atoms. The highest BCUT2D eigenvalue weighted by molar-refractivity contribution is 6.03. The van der Waals surface area contributed by atoms with Crippen molar-refractivity contribution in [3.05, 3.63) is 41.6 Å². The number of carbonyl (C=O) groups is 1. The molecule has 0 aliphatic carbocycles. The first-order chi connectivity index (χ1) is 11.0. The first-order valence-corrected chi connectivity index (χ1v) is 8.13. The standard InChI is InChI=1S/C18H23N3O2/c1-12-8-10-21(11-9-12)16-6-4-15(5-7-16)20-18(22)17-13(2)19-14(3)23-17/h4-7,12H,8-11H2,1-3H3,(H,20,22). The summed E-state index contributed by atoms with van der Waals surface area (Å²) in [6, 6.07) is 7.99. The highest BCUT2D eigenvalue weighted by Crippen LogP contribution is 2.24. The number of piperidine rings is 1. The van der Waals surface area contributed by atoms with Gasteiger partial charge < -0.3 is 14.6 Å². The van der Waals surface area contributed by atoms with Gasteiger partial charge >= 0.3 is 0 Å². The van der Waals surface area contributed by atoms with E-state index < -0.39 is 0 Å². The van der Waals surface area contributed by atoms with Crippen LogP contribution in [0.1, 0.15) is 41.9 Å². The molecule has 1 aromatic carbocycles. The molecule has 1 saturated heterocycles. The Bertz CT molecular complexity index is 683.